The molecule has 2 aromatic carbocycles. The number of benzene rings is 2. The highest BCUT2D eigenvalue weighted by Gasteiger charge is 2.26. The predicted molar refractivity (Wildman–Crippen MR) is 116 cm³/mol. The molecule has 0 aromatic heterocycles. The summed E-state index contributed by atoms with van der Waals surface area (Å²) in [6.45, 7) is 8.24. The Balaban J connectivity index is 2.13. The Morgan fingerprint density at radius 1 is 1.13 bits per heavy atom. The van der Waals surface area contributed by atoms with Gasteiger partial charge in [-0.2, -0.15) is 0 Å². The molecule has 0 bridgehead atoms. The normalized spacial score (nSPS) is 11.6. The fourth-order valence-corrected chi connectivity index (χ4v) is 3.01. The van der Waals surface area contributed by atoms with Crippen molar-refractivity contribution in [1.82, 2.24) is 10.2 Å². The van der Waals surface area contributed by atoms with Crippen molar-refractivity contribution < 1.29 is 18.7 Å². The van der Waals surface area contributed by atoms with Crippen LogP contribution in [0.25, 0.3) is 0 Å². The van der Waals surface area contributed by atoms with E-state index in [1.165, 1.54) is 17.0 Å². The predicted octanol–water partition coefficient (Wildman–Crippen LogP) is 4.15. The van der Waals surface area contributed by atoms with Gasteiger partial charge < -0.3 is 15.0 Å². The van der Waals surface area contributed by atoms with Crippen molar-refractivity contribution in [3.63, 3.8) is 0 Å². The molecule has 1 atom stereocenters. The first-order valence-electron chi connectivity index (χ1n) is 10.3. The number of nitrogens with zero attached hydrogens (tertiary/aromatic N) is 1. The van der Waals surface area contributed by atoms with Crippen LogP contribution >= 0.6 is 0 Å². The van der Waals surface area contributed by atoms with E-state index in [1.54, 1.807) is 19.1 Å². The minimum atomic E-state index is -0.679. The van der Waals surface area contributed by atoms with E-state index in [-0.39, 0.29) is 30.8 Å². The zero-order chi connectivity index (χ0) is 22.1. The van der Waals surface area contributed by atoms with Crippen molar-refractivity contribution in [2.24, 2.45) is 0 Å². The Bertz CT molecular complexity index is 852. The molecule has 2 rings (SSSR count). The van der Waals surface area contributed by atoms with Crippen molar-refractivity contribution in [3.05, 3.63) is 65.0 Å². The molecule has 0 heterocycles. The van der Waals surface area contributed by atoms with Crippen LogP contribution in [0.3, 0.4) is 0 Å². The number of hydrogen-bond donors (Lipinski definition) is 1. The van der Waals surface area contributed by atoms with Crippen molar-refractivity contribution >= 4 is 11.8 Å². The number of amides is 2. The first-order valence-corrected chi connectivity index (χ1v) is 10.3. The van der Waals surface area contributed by atoms with Gasteiger partial charge >= 0.3 is 0 Å². The SMILES string of the molecule is CCCCNC(=O)[C@@H](C)N(Cc1ccc(F)cc1)C(=O)COc1cccc(C)c1C. The average molecular weight is 415 g/mol. The van der Waals surface area contributed by atoms with Crippen molar-refractivity contribution in [2.45, 2.75) is 53.1 Å². The van der Waals surface area contributed by atoms with Crippen LogP contribution in [0.1, 0.15) is 43.4 Å². The maximum Gasteiger partial charge on any atom is 0.261 e. The minimum Gasteiger partial charge on any atom is -0.483 e. The summed E-state index contributed by atoms with van der Waals surface area (Å²) in [7, 11) is 0. The maximum absolute atomic E-state index is 13.3. The number of carbonyl (C=O) groups is 2. The Labute approximate surface area is 178 Å². The molecule has 0 saturated heterocycles. The molecule has 1 N–H and O–H groups in total. The van der Waals surface area contributed by atoms with Gasteiger partial charge in [-0.25, -0.2) is 4.39 Å². The molecule has 0 aliphatic rings. The lowest BCUT2D eigenvalue weighted by Crippen LogP contribution is -2.49. The molecule has 0 saturated carbocycles. The van der Waals surface area contributed by atoms with E-state index in [2.05, 4.69) is 5.32 Å². The average Bonchev–Trinajstić information content (AvgIpc) is 2.73. The van der Waals surface area contributed by atoms with E-state index in [0.29, 0.717) is 12.3 Å². The van der Waals surface area contributed by atoms with E-state index in [4.69, 9.17) is 4.74 Å². The third-order valence-electron chi connectivity index (χ3n) is 5.17. The Morgan fingerprint density at radius 3 is 2.50 bits per heavy atom. The molecule has 30 heavy (non-hydrogen) atoms. The molecule has 0 unspecified atom stereocenters. The second-order valence-electron chi connectivity index (χ2n) is 7.46. The van der Waals surface area contributed by atoms with Gasteiger partial charge in [-0.3, -0.25) is 9.59 Å². The van der Waals surface area contributed by atoms with Gasteiger partial charge in [-0.15, -0.1) is 0 Å². The van der Waals surface area contributed by atoms with Crippen LogP contribution < -0.4 is 10.1 Å². The van der Waals surface area contributed by atoms with Gasteiger partial charge in [0.25, 0.3) is 5.91 Å². The Morgan fingerprint density at radius 2 is 1.83 bits per heavy atom. The summed E-state index contributed by atoms with van der Waals surface area (Å²) in [5, 5.41) is 2.87. The van der Waals surface area contributed by atoms with E-state index in [9.17, 15) is 14.0 Å². The summed E-state index contributed by atoms with van der Waals surface area (Å²) >= 11 is 0. The van der Waals surface area contributed by atoms with Crippen LogP contribution in [-0.4, -0.2) is 35.9 Å². The fraction of sp³-hybridized carbons (Fsp3) is 0.417. The van der Waals surface area contributed by atoms with Gasteiger partial charge in [0, 0.05) is 13.1 Å². The van der Waals surface area contributed by atoms with Crippen LogP contribution in [0.4, 0.5) is 4.39 Å². The lowest BCUT2D eigenvalue weighted by molar-refractivity contribution is -0.142. The van der Waals surface area contributed by atoms with Crippen LogP contribution in [0.2, 0.25) is 0 Å². The monoisotopic (exact) mass is 414 g/mol. The molecule has 5 nitrogen and oxygen atoms in total. The number of nitrogens with one attached hydrogen (secondary N) is 1. The quantitative estimate of drug-likeness (QED) is 0.594. The fourth-order valence-electron chi connectivity index (χ4n) is 3.01. The summed E-state index contributed by atoms with van der Waals surface area (Å²) in [4.78, 5) is 27.1. The summed E-state index contributed by atoms with van der Waals surface area (Å²) in [5.74, 6) is -0.227. The number of hydrogen-bond acceptors (Lipinski definition) is 3. The largest absolute Gasteiger partial charge is 0.483 e. The second-order valence-corrected chi connectivity index (χ2v) is 7.46. The summed E-state index contributed by atoms with van der Waals surface area (Å²) in [6.07, 6.45) is 1.84. The first kappa shape index (κ1) is 23.4. The smallest absolute Gasteiger partial charge is 0.261 e. The standard InChI is InChI=1S/C24H31FN2O3/c1-5-6-14-26-24(29)19(4)27(15-20-10-12-21(25)13-11-20)23(28)16-30-22-9-7-8-17(2)18(22)3/h7-13,19H,5-6,14-16H2,1-4H3,(H,26,29)/t19-/m1/s1. The number of aryl methyl sites for hydroxylation is 1. The lowest BCUT2D eigenvalue weighted by atomic mass is 10.1. The van der Waals surface area contributed by atoms with Crippen LogP contribution in [-0.2, 0) is 16.1 Å². The van der Waals surface area contributed by atoms with Crippen molar-refractivity contribution in [2.75, 3.05) is 13.2 Å². The molecule has 2 aromatic rings. The third-order valence-corrected chi connectivity index (χ3v) is 5.17. The van der Waals surface area contributed by atoms with Gasteiger partial charge in [-0.05, 0) is 62.1 Å². The molecule has 2 amide bonds. The number of unbranched alkanes of at least 4 members (excludes halogenated alkanes) is 1. The Hall–Kier alpha value is -2.89. The molecular weight excluding hydrogens is 383 g/mol. The van der Waals surface area contributed by atoms with E-state index in [1.807, 2.05) is 39.0 Å². The second kappa shape index (κ2) is 11.3. The highest BCUT2D eigenvalue weighted by atomic mass is 19.1. The van der Waals surface area contributed by atoms with Crippen molar-refractivity contribution in [3.8, 4) is 5.75 Å². The van der Waals surface area contributed by atoms with Gasteiger partial charge in [0.05, 0.1) is 0 Å². The summed E-state index contributed by atoms with van der Waals surface area (Å²) < 4.78 is 19.0. The van der Waals surface area contributed by atoms with E-state index < -0.39 is 6.04 Å². The Kier molecular flexibility index (Phi) is 8.84. The molecule has 162 valence electrons. The maximum atomic E-state index is 13.3. The molecule has 0 spiro atoms. The van der Waals surface area contributed by atoms with Crippen LogP contribution in [0.15, 0.2) is 42.5 Å². The number of ether oxygens (including phenoxy) is 1. The third kappa shape index (κ3) is 6.58. The topological polar surface area (TPSA) is 58.6 Å². The van der Waals surface area contributed by atoms with Crippen LogP contribution in [0.5, 0.6) is 5.75 Å². The molecule has 6 heteroatoms. The van der Waals surface area contributed by atoms with E-state index in [0.717, 1.165) is 29.5 Å². The molecule has 0 fully saturated rings. The minimum absolute atomic E-state index is 0.182. The highest BCUT2D eigenvalue weighted by Crippen LogP contribution is 2.21. The first-order chi connectivity index (χ1) is 14.3. The number of rotatable bonds is 10. The number of carbonyl (C=O) groups excluding carboxylic acids is 2. The van der Waals surface area contributed by atoms with E-state index >= 15 is 0 Å². The van der Waals surface area contributed by atoms with Gasteiger partial charge in [-0.1, -0.05) is 37.6 Å². The van der Waals surface area contributed by atoms with Gasteiger partial charge in [0.1, 0.15) is 17.6 Å². The highest BCUT2D eigenvalue weighted by molar-refractivity contribution is 5.87. The lowest BCUT2D eigenvalue weighted by Gasteiger charge is -2.29. The summed E-state index contributed by atoms with van der Waals surface area (Å²) in [6, 6.07) is 10.9. The molecule has 0 aliphatic heterocycles. The summed E-state index contributed by atoms with van der Waals surface area (Å²) in [5.41, 5.74) is 2.79. The van der Waals surface area contributed by atoms with Gasteiger partial charge in [0.2, 0.25) is 5.91 Å². The van der Waals surface area contributed by atoms with Crippen molar-refractivity contribution in [1.29, 1.82) is 0 Å². The number of halogens is 1. The molecule has 0 radical (unpaired) electrons. The zero-order valence-corrected chi connectivity index (χ0v) is 18.2. The van der Waals surface area contributed by atoms with Crippen LogP contribution in [0, 0.1) is 19.7 Å². The van der Waals surface area contributed by atoms with Gasteiger partial charge in [0.15, 0.2) is 6.61 Å². The molecular formula is C24H31FN2O3. The zero-order valence-electron chi connectivity index (χ0n) is 18.2. The molecule has 0 aliphatic carbocycles.